The standard InChI is InChI=1S/C21H27N3O4/c1-23(15-20(25)26)17-8-5-12-24(13-11-17)21(27)22-14-18-9-10-19(28-18)16-6-3-2-4-7-16/h2-4,6-7,9-10,17H,5,8,11-15H2,1H3,(H,22,27)(H,25,26). The highest BCUT2D eigenvalue weighted by molar-refractivity contribution is 5.74. The zero-order chi connectivity index (χ0) is 19.9. The number of carbonyl (C=O) groups is 2. The van der Waals surface area contributed by atoms with Crippen LogP contribution in [0.2, 0.25) is 0 Å². The van der Waals surface area contributed by atoms with Gasteiger partial charge in [-0.1, -0.05) is 30.3 Å². The third-order valence-electron chi connectivity index (χ3n) is 5.13. The number of hydrogen-bond donors (Lipinski definition) is 2. The molecule has 150 valence electrons. The van der Waals surface area contributed by atoms with Crippen molar-refractivity contribution in [3.8, 4) is 11.3 Å². The number of benzene rings is 1. The molecule has 1 aliphatic heterocycles. The predicted molar refractivity (Wildman–Crippen MR) is 106 cm³/mol. The first-order chi connectivity index (χ1) is 13.5. The Bertz CT molecular complexity index is 790. The van der Waals surface area contributed by atoms with Crippen molar-refractivity contribution in [1.82, 2.24) is 15.1 Å². The number of furan rings is 1. The number of carboxylic acid groups (broad SMARTS) is 1. The second-order valence-corrected chi connectivity index (χ2v) is 7.17. The van der Waals surface area contributed by atoms with Crippen LogP contribution in [0.5, 0.6) is 0 Å². The summed E-state index contributed by atoms with van der Waals surface area (Å²) in [5.74, 6) is 0.666. The van der Waals surface area contributed by atoms with Crippen LogP contribution in [0.25, 0.3) is 11.3 Å². The lowest BCUT2D eigenvalue weighted by Gasteiger charge is -2.25. The van der Waals surface area contributed by atoms with Crippen molar-refractivity contribution in [3.63, 3.8) is 0 Å². The van der Waals surface area contributed by atoms with Gasteiger partial charge in [0.2, 0.25) is 0 Å². The number of nitrogens with zero attached hydrogens (tertiary/aromatic N) is 2. The highest BCUT2D eigenvalue weighted by Gasteiger charge is 2.24. The molecule has 28 heavy (non-hydrogen) atoms. The Kier molecular flexibility index (Phi) is 6.71. The number of aliphatic carboxylic acids is 1. The monoisotopic (exact) mass is 385 g/mol. The maximum absolute atomic E-state index is 12.5. The molecule has 2 aromatic rings. The molecule has 2 heterocycles. The van der Waals surface area contributed by atoms with Crippen LogP contribution in [-0.2, 0) is 11.3 Å². The second-order valence-electron chi connectivity index (χ2n) is 7.17. The Labute approximate surface area is 164 Å². The van der Waals surface area contributed by atoms with E-state index in [1.807, 2.05) is 54.4 Å². The van der Waals surface area contributed by atoms with Crippen LogP contribution in [0.15, 0.2) is 46.9 Å². The molecule has 0 spiro atoms. The van der Waals surface area contributed by atoms with Gasteiger partial charge in [0.25, 0.3) is 0 Å². The SMILES string of the molecule is CN(CC(=O)O)C1CCCN(C(=O)NCc2ccc(-c3ccccc3)o2)CC1. The van der Waals surface area contributed by atoms with Crippen LogP contribution in [0, 0.1) is 0 Å². The van der Waals surface area contributed by atoms with Crippen molar-refractivity contribution >= 4 is 12.0 Å². The fourth-order valence-corrected chi connectivity index (χ4v) is 3.57. The van der Waals surface area contributed by atoms with E-state index in [2.05, 4.69) is 5.32 Å². The Hall–Kier alpha value is -2.80. The summed E-state index contributed by atoms with van der Waals surface area (Å²) in [5.41, 5.74) is 1.00. The van der Waals surface area contributed by atoms with E-state index in [1.165, 1.54) is 0 Å². The van der Waals surface area contributed by atoms with Gasteiger partial charge in [-0.3, -0.25) is 9.69 Å². The first-order valence-electron chi connectivity index (χ1n) is 9.62. The number of urea groups is 1. The molecular formula is C21H27N3O4. The van der Waals surface area contributed by atoms with Crippen molar-refractivity contribution in [2.45, 2.75) is 31.8 Å². The van der Waals surface area contributed by atoms with Gasteiger partial charge in [-0.2, -0.15) is 0 Å². The number of hydrogen-bond acceptors (Lipinski definition) is 4. The molecule has 1 unspecified atom stereocenters. The van der Waals surface area contributed by atoms with E-state index in [-0.39, 0.29) is 18.6 Å². The third-order valence-corrected chi connectivity index (χ3v) is 5.13. The van der Waals surface area contributed by atoms with Crippen LogP contribution >= 0.6 is 0 Å². The molecule has 0 aliphatic carbocycles. The lowest BCUT2D eigenvalue weighted by atomic mass is 10.1. The topological polar surface area (TPSA) is 86.0 Å². The predicted octanol–water partition coefficient (Wildman–Crippen LogP) is 3.03. The van der Waals surface area contributed by atoms with E-state index in [4.69, 9.17) is 9.52 Å². The summed E-state index contributed by atoms with van der Waals surface area (Å²) in [5, 5.41) is 11.9. The molecule has 1 fully saturated rings. The molecule has 3 rings (SSSR count). The zero-order valence-electron chi connectivity index (χ0n) is 16.1. The maximum Gasteiger partial charge on any atom is 0.317 e. The van der Waals surface area contributed by atoms with Gasteiger partial charge in [0.05, 0.1) is 13.1 Å². The quantitative estimate of drug-likeness (QED) is 0.798. The number of amides is 2. The minimum atomic E-state index is -0.824. The molecular weight excluding hydrogens is 358 g/mol. The number of rotatable bonds is 6. The molecule has 0 bridgehead atoms. The van der Waals surface area contributed by atoms with Crippen LogP contribution in [0.4, 0.5) is 4.79 Å². The van der Waals surface area contributed by atoms with Crippen LogP contribution < -0.4 is 5.32 Å². The van der Waals surface area contributed by atoms with Crippen molar-refractivity contribution in [3.05, 3.63) is 48.2 Å². The van der Waals surface area contributed by atoms with Gasteiger partial charge in [-0.15, -0.1) is 0 Å². The first kappa shape index (κ1) is 19.9. The van der Waals surface area contributed by atoms with Gasteiger partial charge in [0, 0.05) is 24.7 Å². The van der Waals surface area contributed by atoms with E-state index in [0.717, 1.165) is 30.6 Å². The molecule has 7 heteroatoms. The molecule has 1 saturated heterocycles. The van der Waals surface area contributed by atoms with Crippen molar-refractivity contribution in [1.29, 1.82) is 0 Å². The Morgan fingerprint density at radius 3 is 2.71 bits per heavy atom. The molecule has 1 aromatic carbocycles. The average molecular weight is 385 g/mol. The van der Waals surface area contributed by atoms with Crippen LogP contribution in [0.3, 0.4) is 0 Å². The van der Waals surface area contributed by atoms with E-state index in [1.54, 1.807) is 4.90 Å². The number of carboxylic acids is 1. The first-order valence-corrected chi connectivity index (χ1v) is 9.62. The normalized spacial score (nSPS) is 17.4. The fraction of sp³-hybridized carbons (Fsp3) is 0.429. The summed E-state index contributed by atoms with van der Waals surface area (Å²) in [4.78, 5) is 27.1. The Balaban J connectivity index is 1.49. The van der Waals surface area contributed by atoms with Crippen molar-refractivity contribution in [2.24, 2.45) is 0 Å². The summed E-state index contributed by atoms with van der Waals surface area (Å²) in [6.45, 7) is 1.66. The fourth-order valence-electron chi connectivity index (χ4n) is 3.57. The molecule has 2 amide bonds. The highest BCUT2D eigenvalue weighted by Crippen LogP contribution is 2.22. The molecule has 1 aliphatic rings. The molecule has 1 aromatic heterocycles. The highest BCUT2D eigenvalue weighted by atomic mass is 16.4. The van der Waals surface area contributed by atoms with Gasteiger partial charge >= 0.3 is 12.0 Å². The van der Waals surface area contributed by atoms with E-state index >= 15 is 0 Å². The van der Waals surface area contributed by atoms with Crippen molar-refractivity contribution < 1.29 is 19.1 Å². The molecule has 2 N–H and O–H groups in total. The molecule has 7 nitrogen and oxygen atoms in total. The summed E-state index contributed by atoms with van der Waals surface area (Å²) in [6.07, 6.45) is 2.53. The number of likely N-dealkylation sites (N-methyl/N-ethyl adjacent to an activating group) is 1. The minimum Gasteiger partial charge on any atom is -0.480 e. The van der Waals surface area contributed by atoms with Crippen LogP contribution in [-0.4, -0.2) is 59.6 Å². The van der Waals surface area contributed by atoms with E-state index in [0.29, 0.717) is 25.4 Å². The summed E-state index contributed by atoms with van der Waals surface area (Å²) in [7, 11) is 1.83. The maximum atomic E-state index is 12.5. The Morgan fingerprint density at radius 2 is 1.96 bits per heavy atom. The lowest BCUT2D eigenvalue weighted by molar-refractivity contribution is -0.138. The lowest BCUT2D eigenvalue weighted by Crippen LogP contribution is -2.41. The molecule has 1 atom stereocenters. The van der Waals surface area contributed by atoms with Crippen LogP contribution in [0.1, 0.15) is 25.0 Å². The second kappa shape index (κ2) is 9.41. The molecule has 0 radical (unpaired) electrons. The minimum absolute atomic E-state index is 0.0269. The summed E-state index contributed by atoms with van der Waals surface area (Å²) >= 11 is 0. The smallest absolute Gasteiger partial charge is 0.317 e. The number of carbonyl (C=O) groups excluding carboxylic acids is 1. The van der Waals surface area contributed by atoms with Gasteiger partial charge in [-0.05, 0) is 38.4 Å². The Morgan fingerprint density at radius 1 is 1.18 bits per heavy atom. The molecule has 0 saturated carbocycles. The number of nitrogens with one attached hydrogen (secondary N) is 1. The van der Waals surface area contributed by atoms with Gasteiger partial charge in [-0.25, -0.2) is 4.79 Å². The zero-order valence-corrected chi connectivity index (χ0v) is 16.1. The summed E-state index contributed by atoms with van der Waals surface area (Å²) < 4.78 is 5.82. The van der Waals surface area contributed by atoms with Gasteiger partial charge in [0.1, 0.15) is 11.5 Å². The van der Waals surface area contributed by atoms with Gasteiger partial charge < -0.3 is 19.7 Å². The number of likely N-dealkylation sites (tertiary alicyclic amines) is 1. The third kappa shape index (κ3) is 5.36. The average Bonchev–Trinajstić information content (AvgIpc) is 3.02. The largest absolute Gasteiger partial charge is 0.480 e. The van der Waals surface area contributed by atoms with Crippen molar-refractivity contribution in [2.75, 3.05) is 26.7 Å². The van der Waals surface area contributed by atoms with E-state index < -0.39 is 5.97 Å². The van der Waals surface area contributed by atoms with Gasteiger partial charge in [0.15, 0.2) is 0 Å². The summed E-state index contributed by atoms with van der Waals surface area (Å²) in [6, 6.07) is 13.7. The van der Waals surface area contributed by atoms with E-state index in [9.17, 15) is 9.59 Å².